The van der Waals surface area contributed by atoms with E-state index in [1.165, 1.54) is 6.20 Å². The number of amides is 2. The molecule has 1 aliphatic rings. The Morgan fingerprint density at radius 3 is 2.70 bits per heavy atom. The van der Waals surface area contributed by atoms with Gasteiger partial charge in [-0.15, -0.1) is 0 Å². The topological polar surface area (TPSA) is 88.6 Å². The van der Waals surface area contributed by atoms with Gasteiger partial charge in [0.1, 0.15) is 12.5 Å². The third kappa shape index (κ3) is 5.62. The van der Waals surface area contributed by atoms with Crippen molar-refractivity contribution in [1.29, 1.82) is 0 Å². The molecular weight excluding hydrogens is 414 g/mol. The van der Waals surface area contributed by atoms with Gasteiger partial charge in [-0.05, 0) is 31.5 Å². The number of aryl methyl sites for hydroxylation is 2. The van der Waals surface area contributed by atoms with E-state index >= 15 is 0 Å². The number of urea groups is 1. The van der Waals surface area contributed by atoms with Gasteiger partial charge in [0.2, 0.25) is 0 Å². The number of carbonyl (C=O) groups excluding carboxylic acids is 1. The molecule has 27 heavy (non-hydrogen) atoms. The average molecular weight is 436 g/mol. The van der Waals surface area contributed by atoms with Crippen molar-refractivity contribution in [3.8, 4) is 5.75 Å². The fraction of sp³-hybridized carbons (Fsp3) is 0.389. The van der Waals surface area contributed by atoms with Crippen LogP contribution in [0.15, 0.2) is 29.0 Å². The molecule has 2 heterocycles. The maximum Gasteiger partial charge on any atom is 0.325 e. The molecule has 0 spiro atoms. The second-order valence-electron chi connectivity index (χ2n) is 6.22. The number of hydrogen-bond acceptors (Lipinski definition) is 6. The van der Waals surface area contributed by atoms with Gasteiger partial charge in [-0.25, -0.2) is 9.78 Å². The van der Waals surface area contributed by atoms with Crippen molar-refractivity contribution in [3.05, 3.63) is 40.3 Å². The largest absolute Gasteiger partial charge is 0.476 e. The van der Waals surface area contributed by atoms with Crippen molar-refractivity contribution >= 4 is 33.5 Å². The number of halogens is 1. The van der Waals surface area contributed by atoms with E-state index in [9.17, 15) is 4.79 Å². The van der Waals surface area contributed by atoms with Gasteiger partial charge in [0.15, 0.2) is 5.82 Å². The molecule has 1 aromatic carbocycles. The van der Waals surface area contributed by atoms with E-state index in [-0.39, 0.29) is 0 Å². The molecule has 144 valence electrons. The van der Waals surface area contributed by atoms with Crippen molar-refractivity contribution in [3.63, 3.8) is 0 Å². The summed E-state index contributed by atoms with van der Waals surface area (Å²) in [6.45, 7) is 7.29. The van der Waals surface area contributed by atoms with Gasteiger partial charge < -0.3 is 14.8 Å². The van der Waals surface area contributed by atoms with Gasteiger partial charge in [-0.1, -0.05) is 15.9 Å². The zero-order valence-corrected chi connectivity index (χ0v) is 16.9. The van der Waals surface area contributed by atoms with Gasteiger partial charge in [0.05, 0.1) is 37.0 Å². The average Bonchev–Trinajstić information content (AvgIpc) is 2.66. The Kier molecular flexibility index (Phi) is 6.59. The second kappa shape index (κ2) is 9.12. The number of rotatable bonds is 5. The lowest BCUT2D eigenvalue weighted by Crippen LogP contribution is -2.38. The zero-order chi connectivity index (χ0) is 19.2. The fourth-order valence-electron chi connectivity index (χ4n) is 2.49. The summed E-state index contributed by atoms with van der Waals surface area (Å²) in [5.74, 6) is 0.979. The molecule has 9 heteroatoms. The second-order valence-corrected chi connectivity index (χ2v) is 7.08. The lowest BCUT2D eigenvalue weighted by molar-refractivity contribution is 0.00423. The molecule has 1 fully saturated rings. The van der Waals surface area contributed by atoms with Gasteiger partial charge in [0.25, 0.3) is 0 Å². The maximum atomic E-state index is 12.3. The molecule has 8 nitrogen and oxygen atoms in total. The minimum atomic E-state index is -0.417. The van der Waals surface area contributed by atoms with Crippen LogP contribution in [0.2, 0.25) is 0 Å². The van der Waals surface area contributed by atoms with Crippen LogP contribution in [-0.4, -0.2) is 53.9 Å². The first-order valence-corrected chi connectivity index (χ1v) is 9.40. The molecular formula is C18H22BrN5O3. The summed E-state index contributed by atoms with van der Waals surface area (Å²) in [4.78, 5) is 22.7. The number of anilines is 2. The molecule has 0 bridgehead atoms. The maximum absolute atomic E-state index is 12.3. The van der Waals surface area contributed by atoms with Crippen LogP contribution in [0.1, 0.15) is 11.3 Å². The molecule has 0 radical (unpaired) electrons. The minimum absolute atomic E-state index is 0.375. The number of benzene rings is 1. The fourth-order valence-corrected chi connectivity index (χ4v) is 2.83. The first-order valence-electron chi connectivity index (χ1n) is 8.61. The molecule has 3 rings (SSSR count). The lowest BCUT2D eigenvalue weighted by atomic mass is 10.2. The summed E-state index contributed by atoms with van der Waals surface area (Å²) < 4.78 is 12.2. The van der Waals surface area contributed by atoms with Gasteiger partial charge in [0, 0.05) is 17.6 Å². The molecule has 0 saturated carbocycles. The Labute approximate surface area is 166 Å². The van der Waals surface area contributed by atoms with Crippen molar-refractivity contribution < 1.29 is 14.3 Å². The van der Waals surface area contributed by atoms with Crippen molar-refractivity contribution in [2.45, 2.75) is 13.8 Å². The monoisotopic (exact) mass is 435 g/mol. The lowest BCUT2D eigenvalue weighted by Gasteiger charge is -2.27. The summed E-state index contributed by atoms with van der Waals surface area (Å²) in [6.07, 6.45) is 3.10. The van der Waals surface area contributed by atoms with Crippen LogP contribution in [0.25, 0.3) is 0 Å². The molecule has 0 atom stereocenters. The normalized spacial score (nSPS) is 14.6. The molecule has 1 saturated heterocycles. The number of aromatic nitrogens is 2. The summed E-state index contributed by atoms with van der Waals surface area (Å²) >= 11 is 3.50. The number of morpholine rings is 1. The Balaban J connectivity index is 1.67. The predicted octanol–water partition coefficient (Wildman–Crippen LogP) is 3.17. The van der Waals surface area contributed by atoms with E-state index in [0.717, 1.165) is 28.8 Å². The predicted molar refractivity (Wildman–Crippen MR) is 106 cm³/mol. The zero-order valence-electron chi connectivity index (χ0n) is 15.3. The molecule has 2 aromatic rings. The van der Waals surface area contributed by atoms with E-state index < -0.39 is 6.03 Å². The van der Waals surface area contributed by atoms with E-state index in [2.05, 4.69) is 41.4 Å². The van der Waals surface area contributed by atoms with Crippen LogP contribution < -0.4 is 15.4 Å². The number of hydrogen-bond donors (Lipinski definition) is 2. The standard InChI is InChI=1S/C18H22BrN5O3/c1-12-7-16(27-11-24-3-5-26-6-4-24)15(8-14(12)19)22-18(25)23-17-10-20-13(2)9-21-17/h7-10H,3-6,11H2,1-2H3,(H2,21,22,23,25). The first kappa shape index (κ1) is 19.5. The molecule has 0 aliphatic carbocycles. The van der Waals surface area contributed by atoms with Crippen molar-refractivity contribution in [2.75, 3.05) is 43.7 Å². The van der Waals surface area contributed by atoms with Gasteiger partial charge in [-0.3, -0.25) is 15.2 Å². The molecule has 0 unspecified atom stereocenters. The minimum Gasteiger partial charge on any atom is -0.476 e. The number of nitrogens with one attached hydrogen (secondary N) is 2. The third-order valence-corrected chi connectivity index (χ3v) is 4.89. The third-order valence-electron chi connectivity index (χ3n) is 4.04. The van der Waals surface area contributed by atoms with E-state index in [0.29, 0.717) is 37.2 Å². The summed E-state index contributed by atoms with van der Waals surface area (Å²) in [7, 11) is 0. The van der Waals surface area contributed by atoms with Crippen molar-refractivity contribution in [1.82, 2.24) is 14.9 Å². The van der Waals surface area contributed by atoms with Gasteiger partial charge in [-0.2, -0.15) is 0 Å². The highest BCUT2D eigenvalue weighted by Crippen LogP contribution is 2.31. The summed E-state index contributed by atoms with van der Waals surface area (Å²) in [5.41, 5.74) is 2.36. The van der Waals surface area contributed by atoms with Crippen LogP contribution in [0, 0.1) is 13.8 Å². The van der Waals surface area contributed by atoms with Crippen LogP contribution in [0.4, 0.5) is 16.3 Å². The Morgan fingerprint density at radius 2 is 2.00 bits per heavy atom. The highest BCUT2D eigenvalue weighted by atomic mass is 79.9. The molecule has 1 aliphatic heterocycles. The van der Waals surface area contributed by atoms with Crippen molar-refractivity contribution in [2.24, 2.45) is 0 Å². The van der Waals surface area contributed by atoms with Crippen LogP contribution in [-0.2, 0) is 4.74 Å². The number of carbonyl (C=O) groups is 1. The highest BCUT2D eigenvalue weighted by molar-refractivity contribution is 9.10. The number of nitrogens with zero attached hydrogens (tertiary/aromatic N) is 3. The molecule has 1 aromatic heterocycles. The summed E-state index contributed by atoms with van der Waals surface area (Å²) in [6, 6.07) is 3.30. The van der Waals surface area contributed by atoms with E-state index in [1.807, 2.05) is 26.0 Å². The van der Waals surface area contributed by atoms with Gasteiger partial charge >= 0.3 is 6.03 Å². The Morgan fingerprint density at radius 1 is 1.22 bits per heavy atom. The first-order chi connectivity index (χ1) is 13.0. The summed E-state index contributed by atoms with van der Waals surface area (Å²) in [5, 5.41) is 5.48. The SMILES string of the molecule is Cc1cnc(NC(=O)Nc2cc(Br)c(C)cc2OCN2CCOCC2)cn1. The van der Waals surface area contributed by atoms with Crippen LogP contribution in [0.5, 0.6) is 5.75 Å². The smallest absolute Gasteiger partial charge is 0.325 e. The molecule has 2 N–H and O–H groups in total. The highest BCUT2D eigenvalue weighted by Gasteiger charge is 2.15. The van der Waals surface area contributed by atoms with E-state index in [4.69, 9.17) is 9.47 Å². The quantitative estimate of drug-likeness (QED) is 0.749. The van der Waals surface area contributed by atoms with E-state index in [1.54, 1.807) is 6.20 Å². The Hall–Kier alpha value is -2.23. The molecule has 2 amide bonds. The Bertz CT molecular complexity index is 794. The van der Waals surface area contributed by atoms with Crippen LogP contribution in [0.3, 0.4) is 0 Å². The number of ether oxygens (including phenoxy) is 2. The van der Waals surface area contributed by atoms with Crippen LogP contribution >= 0.6 is 15.9 Å².